The summed E-state index contributed by atoms with van der Waals surface area (Å²) in [6, 6.07) is 9.89. The van der Waals surface area contributed by atoms with E-state index < -0.39 is 12.5 Å². The van der Waals surface area contributed by atoms with Crippen LogP contribution in [0.3, 0.4) is 0 Å². The van der Waals surface area contributed by atoms with Crippen LogP contribution in [0.2, 0.25) is 0 Å². The van der Waals surface area contributed by atoms with Gasteiger partial charge in [0.05, 0.1) is 6.54 Å². The minimum Gasteiger partial charge on any atom is -0.393 e. The molecule has 2 fully saturated rings. The highest BCUT2D eigenvalue weighted by Crippen LogP contribution is 2.38. The Kier molecular flexibility index (Phi) is 16.6. The molecule has 15 nitrogen and oxygen atoms in total. The molecule has 4 aliphatic rings. The number of allylic oxidation sites excluding steroid dienone is 1. The number of piperidine rings is 2. The number of carbonyl (C=O) groups excluding carboxylic acids is 5. The molecule has 0 saturated carbocycles. The number of aryl methyl sites for hydroxylation is 1. The Balaban J connectivity index is 0.947. The molecule has 7 N–H and O–H groups in total. The van der Waals surface area contributed by atoms with Gasteiger partial charge in [-0.2, -0.15) is 0 Å². The first-order valence-electron chi connectivity index (χ1n) is 22.6. The first-order chi connectivity index (χ1) is 30.8. The van der Waals surface area contributed by atoms with Gasteiger partial charge in [0.25, 0.3) is 6.43 Å². The summed E-state index contributed by atoms with van der Waals surface area (Å²) in [4.78, 5) is 67.3. The van der Waals surface area contributed by atoms with Crippen molar-refractivity contribution in [2.24, 2.45) is 0 Å². The quantitative estimate of drug-likeness (QED) is 0.0392. The summed E-state index contributed by atoms with van der Waals surface area (Å²) >= 11 is 0. The highest BCUT2D eigenvalue weighted by Gasteiger charge is 2.33. The molecule has 0 aliphatic carbocycles. The highest BCUT2D eigenvalue weighted by atomic mass is 19.3. The summed E-state index contributed by atoms with van der Waals surface area (Å²) in [6.07, 6.45) is 8.87. The normalized spacial score (nSPS) is 18.4. The average molecular weight is 885 g/mol. The number of fused-ring (bicyclic) bond motifs is 1. The predicted molar refractivity (Wildman–Crippen MR) is 244 cm³/mol. The number of amidine groups is 1. The summed E-state index contributed by atoms with van der Waals surface area (Å²) < 4.78 is 29.0. The van der Waals surface area contributed by atoms with Gasteiger partial charge in [-0.15, -0.1) is 0 Å². The Morgan fingerprint density at radius 3 is 2.33 bits per heavy atom. The van der Waals surface area contributed by atoms with Crippen molar-refractivity contribution in [2.45, 2.75) is 115 Å². The van der Waals surface area contributed by atoms with Gasteiger partial charge < -0.3 is 41.4 Å². The van der Waals surface area contributed by atoms with Gasteiger partial charge in [0.2, 0.25) is 29.5 Å². The second-order valence-electron chi connectivity index (χ2n) is 17.0. The molecule has 2 aromatic carbocycles. The third-order valence-electron chi connectivity index (χ3n) is 12.5. The number of likely N-dealkylation sites (tertiary alicyclic amines) is 1. The monoisotopic (exact) mass is 884 g/mol. The number of carbonyl (C=O) groups is 5. The minimum atomic E-state index is -2.79. The van der Waals surface area contributed by atoms with Gasteiger partial charge in [-0.3, -0.25) is 34.7 Å². The first-order valence-corrected chi connectivity index (χ1v) is 22.6. The molecule has 344 valence electrons. The largest absolute Gasteiger partial charge is 0.393 e. The molecule has 1 unspecified atom stereocenters. The number of anilines is 3. The molecular formula is C47H62F2N10O5. The SMILES string of the molecule is CN/C=C(\C=N)c1cc2c(cc1C(F)F)N(C(=N)C1=C(NC3CCN(C(=O)CCCCCCCC(=O)Nc4cccc(NC5CCC(=O)NC5=O)c4)CC3)CCN(C(C)=O)C1)CCC2. The zero-order chi connectivity index (χ0) is 45.8. The van der Waals surface area contributed by atoms with Gasteiger partial charge >= 0.3 is 0 Å². The van der Waals surface area contributed by atoms with Crippen molar-refractivity contribution in [1.82, 2.24) is 25.8 Å². The van der Waals surface area contributed by atoms with E-state index in [2.05, 4.69) is 26.6 Å². The van der Waals surface area contributed by atoms with Crippen molar-refractivity contribution < 1.29 is 32.8 Å². The van der Waals surface area contributed by atoms with Crippen LogP contribution in [0.25, 0.3) is 5.57 Å². The van der Waals surface area contributed by atoms with Gasteiger partial charge in [0, 0.05) is 124 Å². The van der Waals surface area contributed by atoms with Gasteiger partial charge in [0.1, 0.15) is 11.9 Å². The fourth-order valence-corrected chi connectivity index (χ4v) is 8.95. The molecule has 6 rings (SSSR count). The maximum Gasteiger partial charge on any atom is 0.264 e. The van der Waals surface area contributed by atoms with Crippen molar-refractivity contribution in [3.63, 3.8) is 0 Å². The van der Waals surface area contributed by atoms with Crippen LogP contribution in [-0.4, -0.2) is 103 Å². The number of alkyl halides is 2. The second kappa shape index (κ2) is 22.5. The van der Waals surface area contributed by atoms with Crippen LogP contribution < -0.4 is 31.5 Å². The Labute approximate surface area is 373 Å². The Bertz CT molecular complexity index is 2150. The average Bonchev–Trinajstić information content (AvgIpc) is 3.28. The zero-order valence-corrected chi connectivity index (χ0v) is 36.9. The number of benzene rings is 2. The lowest BCUT2D eigenvalue weighted by Crippen LogP contribution is -2.48. The molecule has 5 amide bonds. The van der Waals surface area contributed by atoms with Gasteiger partial charge in [0.15, 0.2) is 0 Å². The van der Waals surface area contributed by atoms with E-state index in [9.17, 15) is 38.2 Å². The van der Waals surface area contributed by atoms with E-state index in [1.54, 1.807) is 47.2 Å². The number of amides is 5. The number of hydrogen-bond acceptors (Lipinski definition) is 10. The van der Waals surface area contributed by atoms with Gasteiger partial charge in [-0.05, 0) is 86.4 Å². The lowest BCUT2D eigenvalue weighted by Gasteiger charge is -2.39. The molecule has 2 aromatic rings. The molecule has 0 spiro atoms. The topological polar surface area (TPSA) is 203 Å². The minimum absolute atomic E-state index is 0.0708. The third kappa shape index (κ3) is 12.3. The van der Waals surface area contributed by atoms with Crippen molar-refractivity contribution in [3.05, 3.63) is 70.6 Å². The van der Waals surface area contributed by atoms with Crippen LogP contribution in [0.4, 0.5) is 25.8 Å². The lowest BCUT2D eigenvalue weighted by atomic mass is 9.91. The third-order valence-corrected chi connectivity index (χ3v) is 12.5. The molecule has 2 saturated heterocycles. The summed E-state index contributed by atoms with van der Waals surface area (Å²) in [7, 11) is 1.65. The van der Waals surface area contributed by atoms with E-state index in [1.807, 2.05) is 4.90 Å². The van der Waals surface area contributed by atoms with Crippen molar-refractivity contribution in [1.29, 1.82) is 10.8 Å². The fourth-order valence-electron chi connectivity index (χ4n) is 8.95. The van der Waals surface area contributed by atoms with E-state index in [-0.39, 0.29) is 65.5 Å². The van der Waals surface area contributed by atoms with Crippen LogP contribution in [0.5, 0.6) is 0 Å². The second-order valence-corrected chi connectivity index (χ2v) is 17.0. The predicted octanol–water partition coefficient (Wildman–Crippen LogP) is 6.24. The van der Waals surface area contributed by atoms with Crippen LogP contribution in [0, 0.1) is 10.8 Å². The van der Waals surface area contributed by atoms with Crippen LogP contribution in [0.1, 0.15) is 114 Å². The lowest BCUT2D eigenvalue weighted by molar-refractivity contribution is -0.134. The van der Waals surface area contributed by atoms with E-state index in [4.69, 9.17) is 5.41 Å². The molecule has 64 heavy (non-hydrogen) atoms. The van der Waals surface area contributed by atoms with E-state index in [0.29, 0.717) is 92.9 Å². The van der Waals surface area contributed by atoms with Crippen molar-refractivity contribution in [2.75, 3.05) is 55.3 Å². The number of nitrogens with one attached hydrogen (secondary N) is 7. The van der Waals surface area contributed by atoms with Gasteiger partial charge in [-0.25, -0.2) is 8.78 Å². The van der Waals surface area contributed by atoms with Crippen molar-refractivity contribution in [3.8, 4) is 0 Å². The number of rotatable bonds is 18. The van der Waals surface area contributed by atoms with Gasteiger partial charge in [-0.1, -0.05) is 25.3 Å². The summed E-state index contributed by atoms with van der Waals surface area (Å²) in [6.45, 7) is 3.94. The summed E-state index contributed by atoms with van der Waals surface area (Å²) in [5, 5.41) is 32.2. The number of halogens is 2. The molecule has 4 aliphatic heterocycles. The highest BCUT2D eigenvalue weighted by molar-refractivity contribution is 6.11. The number of hydrogen-bond donors (Lipinski definition) is 7. The van der Waals surface area contributed by atoms with E-state index >= 15 is 0 Å². The maximum absolute atomic E-state index is 14.5. The first kappa shape index (κ1) is 47.4. The Hall–Kier alpha value is -6.13. The van der Waals surface area contributed by atoms with E-state index in [1.165, 1.54) is 19.2 Å². The molecule has 0 radical (unpaired) electrons. The smallest absolute Gasteiger partial charge is 0.264 e. The summed E-state index contributed by atoms with van der Waals surface area (Å²) in [5.74, 6) is -0.508. The van der Waals surface area contributed by atoms with Crippen molar-refractivity contribution >= 4 is 64.2 Å². The standard InChI is InChI=1S/C47H62F2N10O5/c1-30(60)58-23-19-39(38(29-58)46(51)59-20-9-10-31-24-36(32(27-50)28-52-2)37(45(48)49)26-41(31)59)53-33-17-21-57(22-18-33)44(63)14-7-5-3-4-6-13-42(61)55-35-12-8-11-34(25-35)54-40-15-16-43(62)56-47(40)64/h8,11-12,24-28,33,40,45,50-54H,3-7,9-10,13-23,29H2,1-2H3,(H,55,61)(H,56,62,64)/b32-28+,50-27?,51-46?. The number of unbranched alkanes of at least 4 members (excludes halogenated alkanes) is 4. The zero-order valence-electron chi connectivity index (χ0n) is 36.9. The number of nitrogens with zero attached hydrogens (tertiary/aromatic N) is 3. The molecule has 4 heterocycles. The molecule has 1 atom stereocenters. The Morgan fingerprint density at radius 1 is 0.891 bits per heavy atom. The fraction of sp³-hybridized carbons (Fsp3) is 0.511. The molecule has 0 aromatic heterocycles. The molecule has 17 heteroatoms. The van der Waals surface area contributed by atoms with Crippen LogP contribution >= 0.6 is 0 Å². The Morgan fingerprint density at radius 2 is 1.62 bits per heavy atom. The number of imide groups is 1. The van der Waals surface area contributed by atoms with E-state index in [0.717, 1.165) is 62.4 Å². The van der Waals surface area contributed by atoms with Crippen LogP contribution in [0.15, 0.2) is 53.9 Å². The molecule has 0 bridgehead atoms. The maximum atomic E-state index is 14.5. The van der Waals surface area contributed by atoms with Crippen LogP contribution in [-0.2, 0) is 30.4 Å². The summed E-state index contributed by atoms with van der Waals surface area (Å²) in [5.41, 5.74) is 4.65. The molecular weight excluding hydrogens is 823 g/mol.